The van der Waals surface area contributed by atoms with Crippen LogP contribution in [0.4, 0.5) is 5.69 Å². The third-order valence-electron chi connectivity index (χ3n) is 4.18. The second-order valence-electron chi connectivity index (χ2n) is 6.02. The number of carbonyl (C=O) groups is 1. The molecule has 29 heavy (non-hydrogen) atoms. The van der Waals surface area contributed by atoms with Gasteiger partial charge in [-0.25, -0.2) is 9.78 Å². The first kappa shape index (κ1) is 20.3. The van der Waals surface area contributed by atoms with E-state index in [0.29, 0.717) is 27.8 Å². The highest BCUT2D eigenvalue weighted by Gasteiger charge is 2.18. The number of para-hydroxylation sites is 1. The smallest absolute Gasteiger partial charge is 0.338 e. The van der Waals surface area contributed by atoms with Gasteiger partial charge in [-0.1, -0.05) is 12.1 Å². The summed E-state index contributed by atoms with van der Waals surface area (Å²) in [4.78, 5) is 27.3. The minimum atomic E-state index is -0.651. The van der Waals surface area contributed by atoms with E-state index in [2.05, 4.69) is 4.98 Å². The summed E-state index contributed by atoms with van der Waals surface area (Å²) in [5.41, 5.74) is 1.80. The molecule has 0 unspecified atom stereocenters. The highest BCUT2D eigenvalue weighted by atomic mass is 32.1. The molecular weight excluding hydrogens is 396 g/mol. The number of nitro groups is 1. The lowest BCUT2D eigenvalue weighted by atomic mass is 10.1. The number of thiazole rings is 1. The Labute approximate surface area is 170 Å². The maximum absolute atomic E-state index is 12.3. The number of aromatic nitrogens is 1. The Morgan fingerprint density at radius 3 is 2.69 bits per heavy atom. The van der Waals surface area contributed by atoms with Gasteiger partial charge in [-0.3, -0.25) is 10.1 Å². The highest BCUT2D eigenvalue weighted by Crippen LogP contribution is 2.39. The molecule has 0 amide bonds. The number of hydrogen-bond acceptors (Lipinski definition) is 8. The third kappa shape index (κ3) is 4.35. The first-order chi connectivity index (χ1) is 13.9. The summed E-state index contributed by atoms with van der Waals surface area (Å²) < 4.78 is 16.0. The van der Waals surface area contributed by atoms with E-state index in [9.17, 15) is 14.9 Å². The number of nitro benzene ring substituents is 1. The van der Waals surface area contributed by atoms with Crippen LogP contribution in [-0.2, 0) is 11.3 Å². The first-order valence-corrected chi connectivity index (χ1v) is 9.40. The van der Waals surface area contributed by atoms with E-state index >= 15 is 0 Å². The maximum atomic E-state index is 12.3. The number of methoxy groups -OCH3 is 2. The van der Waals surface area contributed by atoms with Crippen molar-refractivity contribution in [2.24, 2.45) is 0 Å². The number of aryl methyl sites for hydroxylation is 1. The van der Waals surface area contributed by atoms with Crippen LogP contribution in [0.5, 0.6) is 11.5 Å². The molecule has 1 heterocycles. The molecule has 0 atom stereocenters. The molecular formula is C20H18N2O6S. The van der Waals surface area contributed by atoms with E-state index in [-0.39, 0.29) is 17.9 Å². The van der Waals surface area contributed by atoms with Crippen molar-refractivity contribution >= 4 is 23.0 Å². The van der Waals surface area contributed by atoms with Crippen LogP contribution >= 0.6 is 11.3 Å². The van der Waals surface area contributed by atoms with Crippen LogP contribution in [0.2, 0.25) is 0 Å². The number of ether oxygens (including phenoxy) is 3. The van der Waals surface area contributed by atoms with Crippen LogP contribution in [-0.4, -0.2) is 30.1 Å². The second-order valence-corrected chi connectivity index (χ2v) is 6.88. The lowest BCUT2D eigenvalue weighted by molar-refractivity contribution is -0.385. The van der Waals surface area contributed by atoms with Gasteiger partial charge >= 0.3 is 5.97 Å². The first-order valence-electron chi connectivity index (χ1n) is 8.52. The minimum Gasteiger partial charge on any atom is -0.493 e. The molecule has 2 aromatic carbocycles. The molecule has 0 radical (unpaired) electrons. The van der Waals surface area contributed by atoms with E-state index in [1.54, 1.807) is 32.6 Å². The third-order valence-corrected chi connectivity index (χ3v) is 5.10. The molecule has 0 saturated carbocycles. The largest absolute Gasteiger partial charge is 0.493 e. The molecule has 0 aliphatic carbocycles. The molecule has 0 aliphatic rings. The quantitative estimate of drug-likeness (QED) is 0.321. The van der Waals surface area contributed by atoms with Gasteiger partial charge in [0, 0.05) is 17.0 Å². The predicted molar refractivity (Wildman–Crippen MR) is 108 cm³/mol. The zero-order valence-electron chi connectivity index (χ0n) is 16.0. The average molecular weight is 414 g/mol. The molecule has 0 N–H and O–H groups in total. The van der Waals surface area contributed by atoms with Gasteiger partial charge in [0.25, 0.3) is 5.69 Å². The van der Waals surface area contributed by atoms with Gasteiger partial charge < -0.3 is 14.2 Å². The van der Waals surface area contributed by atoms with Crippen molar-refractivity contribution in [2.75, 3.05) is 14.2 Å². The minimum absolute atomic E-state index is 0.0523. The number of benzene rings is 2. The van der Waals surface area contributed by atoms with Gasteiger partial charge in [0.15, 0.2) is 11.5 Å². The monoisotopic (exact) mass is 414 g/mol. The van der Waals surface area contributed by atoms with Gasteiger partial charge in [-0.2, -0.15) is 0 Å². The zero-order valence-corrected chi connectivity index (χ0v) is 16.8. The topological polar surface area (TPSA) is 101 Å². The molecule has 9 heteroatoms. The molecule has 150 valence electrons. The van der Waals surface area contributed by atoms with E-state index in [0.717, 1.165) is 5.56 Å². The molecule has 0 aliphatic heterocycles. The van der Waals surface area contributed by atoms with Crippen molar-refractivity contribution in [1.29, 1.82) is 0 Å². The van der Waals surface area contributed by atoms with Gasteiger partial charge in [-0.15, -0.1) is 11.3 Å². The van der Waals surface area contributed by atoms with Gasteiger partial charge in [0.2, 0.25) is 0 Å². The summed E-state index contributed by atoms with van der Waals surface area (Å²) in [5, 5.41) is 13.5. The molecule has 0 spiro atoms. The number of esters is 1. The number of hydrogen-bond donors (Lipinski definition) is 0. The van der Waals surface area contributed by atoms with Crippen LogP contribution in [0, 0.1) is 17.0 Å². The second kappa shape index (κ2) is 8.70. The summed E-state index contributed by atoms with van der Waals surface area (Å²) >= 11 is 1.38. The summed E-state index contributed by atoms with van der Waals surface area (Å²) in [6.45, 7) is 1.56. The van der Waals surface area contributed by atoms with E-state index in [4.69, 9.17) is 14.2 Å². The predicted octanol–water partition coefficient (Wildman–Crippen LogP) is 4.40. The van der Waals surface area contributed by atoms with Crippen molar-refractivity contribution in [3.05, 3.63) is 68.7 Å². The molecule has 1 aromatic heterocycles. The van der Waals surface area contributed by atoms with E-state index < -0.39 is 10.9 Å². The molecule has 0 saturated heterocycles. The molecule has 0 fully saturated rings. The Bertz CT molecular complexity index is 1060. The maximum Gasteiger partial charge on any atom is 0.338 e. The summed E-state index contributed by atoms with van der Waals surface area (Å²) in [5.74, 6) is 0.510. The Kier molecular flexibility index (Phi) is 6.08. The van der Waals surface area contributed by atoms with Crippen LogP contribution in [0.1, 0.15) is 21.6 Å². The van der Waals surface area contributed by atoms with Crippen LogP contribution in [0.15, 0.2) is 41.8 Å². The van der Waals surface area contributed by atoms with Gasteiger partial charge in [-0.05, 0) is 25.1 Å². The Morgan fingerprint density at radius 1 is 1.21 bits per heavy atom. The standard InChI is InChI=1S/C20H18N2O6S/c1-12-7-8-13(9-16(12)22(24)25)20(23)28-10-14-11-29-19(21-14)15-5-4-6-17(26-2)18(15)27-3/h4-9,11H,10H2,1-3H3. The molecule has 3 aromatic rings. The summed E-state index contributed by atoms with van der Waals surface area (Å²) in [6, 6.07) is 9.72. The highest BCUT2D eigenvalue weighted by molar-refractivity contribution is 7.13. The van der Waals surface area contributed by atoms with Crippen LogP contribution in [0.25, 0.3) is 10.6 Å². The fourth-order valence-corrected chi connectivity index (χ4v) is 3.53. The zero-order chi connectivity index (χ0) is 21.0. The van der Waals surface area contributed by atoms with Crippen molar-refractivity contribution < 1.29 is 23.9 Å². The molecule has 0 bridgehead atoms. The van der Waals surface area contributed by atoms with E-state index in [1.165, 1.54) is 29.5 Å². The average Bonchev–Trinajstić information content (AvgIpc) is 3.20. The van der Waals surface area contributed by atoms with Gasteiger partial charge in [0.1, 0.15) is 11.6 Å². The lowest BCUT2D eigenvalue weighted by Crippen LogP contribution is -2.06. The Morgan fingerprint density at radius 2 is 2.00 bits per heavy atom. The van der Waals surface area contributed by atoms with Crippen molar-refractivity contribution in [2.45, 2.75) is 13.5 Å². The fourth-order valence-electron chi connectivity index (χ4n) is 2.71. The molecule has 8 nitrogen and oxygen atoms in total. The Hall–Kier alpha value is -3.46. The summed E-state index contributed by atoms with van der Waals surface area (Å²) in [7, 11) is 3.11. The Balaban J connectivity index is 1.74. The van der Waals surface area contributed by atoms with Crippen molar-refractivity contribution in [3.8, 4) is 22.1 Å². The van der Waals surface area contributed by atoms with Crippen molar-refractivity contribution in [1.82, 2.24) is 4.98 Å². The van der Waals surface area contributed by atoms with Crippen LogP contribution in [0.3, 0.4) is 0 Å². The lowest BCUT2D eigenvalue weighted by Gasteiger charge is -2.10. The molecule has 3 rings (SSSR count). The number of nitrogens with zero attached hydrogens (tertiary/aromatic N) is 2. The van der Waals surface area contributed by atoms with E-state index in [1.807, 2.05) is 12.1 Å². The van der Waals surface area contributed by atoms with Crippen LogP contribution < -0.4 is 9.47 Å². The van der Waals surface area contributed by atoms with Gasteiger partial charge in [0.05, 0.1) is 36.0 Å². The fraction of sp³-hybridized carbons (Fsp3) is 0.200. The summed E-state index contributed by atoms with van der Waals surface area (Å²) in [6.07, 6.45) is 0. The van der Waals surface area contributed by atoms with Crippen molar-refractivity contribution in [3.63, 3.8) is 0 Å². The SMILES string of the molecule is COc1cccc(-c2nc(COC(=O)c3ccc(C)c([N+](=O)[O-])c3)cs2)c1OC. The number of rotatable bonds is 7. The number of carbonyl (C=O) groups excluding carboxylic acids is 1. The normalized spacial score (nSPS) is 10.4.